The van der Waals surface area contributed by atoms with Crippen LogP contribution in [0.3, 0.4) is 0 Å². The van der Waals surface area contributed by atoms with Gasteiger partial charge < -0.3 is 0 Å². The van der Waals surface area contributed by atoms with E-state index in [4.69, 9.17) is 0 Å². The van der Waals surface area contributed by atoms with Gasteiger partial charge >= 0.3 is 0 Å². The maximum Gasteiger partial charge on any atom is 0.0207 e. The lowest BCUT2D eigenvalue weighted by molar-refractivity contribution is 0.480. The molecule has 0 N–H and O–H groups in total. The van der Waals surface area contributed by atoms with Crippen LogP contribution < -0.4 is 0 Å². The monoisotopic (exact) mass is 143 g/mol. The van der Waals surface area contributed by atoms with Crippen LogP contribution in [0.1, 0.15) is 12.8 Å². The molecule has 2 rings (SSSR count). The molecule has 2 aliphatic rings. The molecule has 1 radical (unpaired) electrons. The highest BCUT2D eigenvalue weighted by Gasteiger charge is 2.23. The van der Waals surface area contributed by atoms with Crippen molar-refractivity contribution in [3.05, 3.63) is 48.6 Å². The average Bonchev–Trinajstić information content (AvgIpc) is 2.07. The fraction of sp³-hybridized carbons (Fsp3) is 0.273. The fourth-order valence-corrected chi connectivity index (χ4v) is 1.54. The molecule has 0 saturated heterocycles. The molecule has 1 unspecified atom stereocenters. The Morgan fingerprint density at radius 2 is 1.82 bits per heavy atom. The van der Waals surface area contributed by atoms with Crippen molar-refractivity contribution in [3.8, 4) is 0 Å². The van der Waals surface area contributed by atoms with E-state index in [9.17, 15) is 0 Å². The molecule has 1 spiro atoms. The summed E-state index contributed by atoms with van der Waals surface area (Å²) in [5.41, 5.74) is 0.198. The van der Waals surface area contributed by atoms with Crippen molar-refractivity contribution < 1.29 is 0 Å². The normalized spacial score (nSPS) is 24.7. The number of hydrogen-bond donors (Lipinski definition) is 0. The summed E-state index contributed by atoms with van der Waals surface area (Å²) in [5.74, 6) is 0. The van der Waals surface area contributed by atoms with E-state index < -0.39 is 0 Å². The molecule has 1 atom stereocenters. The van der Waals surface area contributed by atoms with E-state index in [1.54, 1.807) is 0 Å². The Bertz CT molecular complexity index is 223. The third kappa shape index (κ3) is 1.21. The van der Waals surface area contributed by atoms with Crippen LogP contribution in [0.25, 0.3) is 0 Å². The van der Waals surface area contributed by atoms with Gasteiger partial charge in [-0.05, 0) is 18.9 Å². The largest absolute Gasteiger partial charge is 0.0833 e. The van der Waals surface area contributed by atoms with Gasteiger partial charge in [0.25, 0.3) is 0 Å². The summed E-state index contributed by atoms with van der Waals surface area (Å²) in [6.07, 6.45) is 20.6. The molecular weight excluding hydrogens is 132 g/mol. The van der Waals surface area contributed by atoms with Gasteiger partial charge in [0.1, 0.15) is 0 Å². The van der Waals surface area contributed by atoms with E-state index in [0.29, 0.717) is 0 Å². The standard InChI is InChI=1S/C11H11/c1-3-7-11(8-4-1)9-5-2-6-10-11/h1-7H,8-9H2. The highest BCUT2D eigenvalue weighted by molar-refractivity contribution is 5.25. The van der Waals surface area contributed by atoms with Crippen molar-refractivity contribution in [1.29, 1.82) is 0 Å². The number of rotatable bonds is 0. The van der Waals surface area contributed by atoms with Gasteiger partial charge in [-0.1, -0.05) is 42.5 Å². The van der Waals surface area contributed by atoms with Crippen LogP contribution in [0, 0.1) is 11.5 Å². The molecule has 0 saturated carbocycles. The summed E-state index contributed by atoms with van der Waals surface area (Å²) in [7, 11) is 0. The highest BCUT2D eigenvalue weighted by Crippen LogP contribution is 2.34. The Hall–Kier alpha value is -1.04. The van der Waals surface area contributed by atoms with E-state index in [2.05, 4.69) is 42.5 Å². The van der Waals surface area contributed by atoms with Gasteiger partial charge in [-0.2, -0.15) is 0 Å². The maximum atomic E-state index is 3.38. The second kappa shape index (κ2) is 2.54. The zero-order chi connectivity index (χ0) is 7.57. The molecule has 0 aromatic carbocycles. The summed E-state index contributed by atoms with van der Waals surface area (Å²) in [5, 5.41) is 0. The van der Waals surface area contributed by atoms with Gasteiger partial charge in [-0.3, -0.25) is 0 Å². The Labute approximate surface area is 67.6 Å². The quantitative estimate of drug-likeness (QED) is 0.489. The molecule has 0 amide bonds. The van der Waals surface area contributed by atoms with Crippen molar-refractivity contribution in [2.45, 2.75) is 12.8 Å². The van der Waals surface area contributed by atoms with Gasteiger partial charge in [0.05, 0.1) is 0 Å². The van der Waals surface area contributed by atoms with E-state index in [0.717, 1.165) is 12.8 Å². The van der Waals surface area contributed by atoms with E-state index in [1.807, 2.05) is 6.08 Å². The van der Waals surface area contributed by atoms with Crippen molar-refractivity contribution in [2.24, 2.45) is 5.41 Å². The maximum absolute atomic E-state index is 3.38. The van der Waals surface area contributed by atoms with E-state index in [-0.39, 0.29) is 5.41 Å². The van der Waals surface area contributed by atoms with Crippen LogP contribution >= 0.6 is 0 Å². The van der Waals surface area contributed by atoms with Crippen LogP contribution in [0.2, 0.25) is 0 Å². The third-order valence-electron chi connectivity index (χ3n) is 2.23. The average molecular weight is 143 g/mol. The zero-order valence-corrected chi connectivity index (χ0v) is 6.46. The molecule has 11 heavy (non-hydrogen) atoms. The Morgan fingerprint density at radius 3 is 2.45 bits per heavy atom. The first-order valence-electron chi connectivity index (χ1n) is 4.02. The van der Waals surface area contributed by atoms with Crippen LogP contribution in [0.4, 0.5) is 0 Å². The molecule has 0 heteroatoms. The lowest BCUT2D eigenvalue weighted by atomic mass is 9.77. The zero-order valence-electron chi connectivity index (χ0n) is 6.46. The minimum atomic E-state index is 0.198. The lowest BCUT2D eigenvalue weighted by Gasteiger charge is -2.27. The topological polar surface area (TPSA) is 0 Å². The molecule has 0 nitrogen and oxygen atoms in total. The Morgan fingerprint density at radius 1 is 1.00 bits per heavy atom. The fourth-order valence-electron chi connectivity index (χ4n) is 1.54. The summed E-state index contributed by atoms with van der Waals surface area (Å²) >= 11 is 0. The van der Waals surface area contributed by atoms with Crippen LogP contribution in [-0.4, -0.2) is 0 Å². The summed E-state index contributed by atoms with van der Waals surface area (Å²) in [4.78, 5) is 0. The van der Waals surface area contributed by atoms with E-state index >= 15 is 0 Å². The van der Waals surface area contributed by atoms with Gasteiger partial charge in [-0.25, -0.2) is 0 Å². The molecule has 0 bridgehead atoms. The van der Waals surface area contributed by atoms with Gasteiger partial charge in [0.15, 0.2) is 0 Å². The first kappa shape index (κ1) is 6.66. The Kier molecular flexibility index (Phi) is 1.54. The lowest BCUT2D eigenvalue weighted by Crippen LogP contribution is -2.16. The molecule has 55 valence electrons. The molecule has 0 fully saturated rings. The first-order chi connectivity index (χ1) is 5.41. The van der Waals surface area contributed by atoms with Crippen LogP contribution in [0.15, 0.2) is 42.5 Å². The molecule has 0 aliphatic heterocycles. The molecular formula is C11H11. The first-order valence-corrected chi connectivity index (χ1v) is 4.02. The predicted molar refractivity (Wildman–Crippen MR) is 46.9 cm³/mol. The minimum absolute atomic E-state index is 0.198. The second-order valence-electron chi connectivity index (χ2n) is 3.09. The van der Waals surface area contributed by atoms with Gasteiger partial charge in [-0.15, -0.1) is 0 Å². The van der Waals surface area contributed by atoms with Crippen molar-refractivity contribution in [3.63, 3.8) is 0 Å². The SMILES string of the molecule is [C]1=CC=CCC12C=CC=CC2. The van der Waals surface area contributed by atoms with Crippen molar-refractivity contribution in [1.82, 2.24) is 0 Å². The summed E-state index contributed by atoms with van der Waals surface area (Å²) in [6, 6.07) is 0. The minimum Gasteiger partial charge on any atom is -0.0833 e. The molecule has 0 aromatic heterocycles. The third-order valence-corrected chi connectivity index (χ3v) is 2.23. The highest BCUT2D eigenvalue weighted by atomic mass is 14.3. The van der Waals surface area contributed by atoms with Crippen molar-refractivity contribution in [2.75, 3.05) is 0 Å². The van der Waals surface area contributed by atoms with Crippen LogP contribution in [0.5, 0.6) is 0 Å². The second-order valence-corrected chi connectivity index (χ2v) is 3.09. The van der Waals surface area contributed by atoms with Gasteiger partial charge in [0, 0.05) is 5.41 Å². The Balaban J connectivity index is 2.24. The summed E-state index contributed by atoms with van der Waals surface area (Å²) < 4.78 is 0. The predicted octanol–water partition coefficient (Wildman–Crippen LogP) is 2.81. The summed E-state index contributed by atoms with van der Waals surface area (Å²) in [6.45, 7) is 0. The number of hydrogen-bond acceptors (Lipinski definition) is 0. The smallest absolute Gasteiger partial charge is 0.0207 e. The van der Waals surface area contributed by atoms with Crippen LogP contribution in [-0.2, 0) is 0 Å². The van der Waals surface area contributed by atoms with E-state index in [1.165, 1.54) is 0 Å². The van der Waals surface area contributed by atoms with Crippen molar-refractivity contribution >= 4 is 0 Å². The number of allylic oxidation sites excluding steroid dienone is 8. The van der Waals surface area contributed by atoms with Gasteiger partial charge in [0.2, 0.25) is 0 Å². The molecule has 2 aliphatic carbocycles. The molecule has 0 heterocycles. The molecule has 0 aromatic rings.